The fraction of sp³-hybridized carbons (Fsp3) is 0.733. The standard InChI is InChI=1S/C45H77O13P/c1-3-5-7-9-11-13-15-17-18-19-20-22-24-26-28-30-32-34-39(47)57-37(36-56-59(53,54)58-45-43(51)41(49)40(48)42(50)44(45)52)35-55-38(46)33-31-29-27-25-23-21-16-14-12-10-8-6-4-2/h13,15,18-19,22,24,27-30,37,40-45,48-52H,3-12,14,16-17,20-21,23,25-26,31-36H2,1-2H3,(H,53,54). The Balaban J connectivity index is 2.57. The first-order valence-corrected chi connectivity index (χ1v) is 23.6. The van der Waals surface area contributed by atoms with Gasteiger partial charge in [0.05, 0.1) is 6.61 Å². The number of esters is 2. The molecular weight excluding hydrogens is 779 g/mol. The van der Waals surface area contributed by atoms with E-state index in [1.165, 1.54) is 77.0 Å². The maximum Gasteiger partial charge on any atom is 0.472 e. The molecule has 0 bridgehead atoms. The molecule has 0 amide bonds. The predicted molar refractivity (Wildman–Crippen MR) is 230 cm³/mol. The number of rotatable bonds is 35. The fourth-order valence-corrected chi connectivity index (χ4v) is 7.22. The number of hydrogen-bond acceptors (Lipinski definition) is 12. The predicted octanol–water partition coefficient (Wildman–Crippen LogP) is 8.16. The summed E-state index contributed by atoms with van der Waals surface area (Å²) >= 11 is 0. The lowest BCUT2D eigenvalue weighted by Gasteiger charge is -2.41. The summed E-state index contributed by atoms with van der Waals surface area (Å²) in [6.45, 7) is 3.16. The van der Waals surface area contributed by atoms with Crippen molar-refractivity contribution in [2.45, 2.75) is 198 Å². The summed E-state index contributed by atoms with van der Waals surface area (Å²) in [5.41, 5.74) is 0. The molecule has 1 aliphatic carbocycles. The van der Waals surface area contributed by atoms with Gasteiger partial charge in [0.2, 0.25) is 0 Å². The van der Waals surface area contributed by atoms with E-state index in [0.717, 1.165) is 32.1 Å². The number of phosphoric acid groups is 1. The molecule has 13 nitrogen and oxygen atoms in total. The van der Waals surface area contributed by atoms with Gasteiger partial charge in [0, 0.05) is 12.8 Å². The molecule has 340 valence electrons. The third-order valence-electron chi connectivity index (χ3n) is 9.86. The second-order valence-corrected chi connectivity index (χ2v) is 16.6. The molecular formula is C45H77O13P. The van der Waals surface area contributed by atoms with Gasteiger partial charge >= 0.3 is 19.8 Å². The summed E-state index contributed by atoms with van der Waals surface area (Å²) in [5.74, 6) is -1.25. The van der Waals surface area contributed by atoms with Crippen molar-refractivity contribution in [2.75, 3.05) is 13.2 Å². The number of hydrogen-bond donors (Lipinski definition) is 6. The smallest absolute Gasteiger partial charge is 0.462 e. The Morgan fingerprint density at radius 3 is 1.44 bits per heavy atom. The van der Waals surface area contributed by atoms with Crippen molar-refractivity contribution in [3.63, 3.8) is 0 Å². The lowest BCUT2D eigenvalue weighted by Crippen LogP contribution is -2.64. The molecule has 6 unspecified atom stereocenters. The van der Waals surface area contributed by atoms with Gasteiger partial charge in [0.25, 0.3) is 0 Å². The third kappa shape index (κ3) is 27.9. The molecule has 1 aliphatic rings. The van der Waals surface area contributed by atoms with Crippen LogP contribution >= 0.6 is 7.82 Å². The van der Waals surface area contributed by atoms with E-state index >= 15 is 0 Å². The van der Waals surface area contributed by atoms with Crippen molar-refractivity contribution in [1.29, 1.82) is 0 Å². The molecule has 6 N–H and O–H groups in total. The van der Waals surface area contributed by atoms with Crippen LogP contribution < -0.4 is 0 Å². The van der Waals surface area contributed by atoms with Gasteiger partial charge in [0.1, 0.15) is 43.2 Å². The quantitative estimate of drug-likeness (QED) is 0.0154. The maximum absolute atomic E-state index is 12.8. The van der Waals surface area contributed by atoms with Crippen molar-refractivity contribution < 1.29 is 63.1 Å². The van der Waals surface area contributed by atoms with E-state index in [2.05, 4.69) is 44.2 Å². The van der Waals surface area contributed by atoms with Gasteiger partial charge in [-0.15, -0.1) is 0 Å². The van der Waals surface area contributed by atoms with Gasteiger partial charge in [-0.1, -0.05) is 145 Å². The van der Waals surface area contributed by atoms with Gasteiger partial charge in [-0.2, -0.15) is 0 Å². The maximum atomic E-state index is 12.8. The minimum Gasteiger partial charge on any atom is -0.462 e. The SMILES string of the molecule is CCCCCCC=CCC=CCC=CCC=CCCC(=O)OC(COC(=O)CCC=CCCCCCCCCCCC)COP(=O)(O)OC1C(O)C(O)C(O)C(O)C1O. The Morgan fingerprint density at radius 1 is 0.525 bits per heavy atom. The van der Waals surface area contributed by atoms with Crippen molar-refractivity contribution in [3.05, 3.63) is 60.8 Å². The number of carbonyl (C=O) groups excluding carboxylic acids is 2. The molecule has 0 radical (unpaired) electrons. The monoisotopic (exact) mass is 857 g/mol. The summed E-state index contributed by atoms with van der Waals surface area (Å²) < 4.78 is 33.3. The van der Waals surface area contributed by atoms with Crippen LogP contribution in [-0.2, 0) is 32.7 Å². The highest BCUT2D eigenvalue weighted by Crippen LogP contribution is 2.47. The van der Waals surface area contributed by atoms with Crippen molar-refractivity contribution >= 4 is 19.8 Å². The van der Waals surface area contributed by atoms with Crippen molar-refractivity contribution in [3.8, 4) is 0 Å². The van der Waals surface area contributed by atoms with E-state index in [4.69, 9.17) is 18.5 Å². The molecule has 14 heteroatoms. The first kappa shape index (κ1) is 54.6. The van der Waals surface area contributed by atoms with Crippen LogP contribution in [0.15, 0.2) is 60.8 Å². The second kappa shape index (κ2) is 35.2. The van der Waals surface area contributed by atoms with Crippen molar-refractivity contribution in [2.24, 2.45) is 0 Å². The molecule has 0 aliphatic heterocycles. The first-order chi connectivity index (χ1) is 28.4. The number of carbonyl (C=O) groups is 2. The average Bonchev–Trinajstić information content (AvgIpc) is 3.21. The molecule has 0 heterocycles. The van der Waals surface area contributed by atoms with Gasteiger partial charge in [-0.3, -0.25) is 18.6 Å². The highest BCUT2D eigenvalue weighted by atomic mass is 31.2. The van der Waals surface area contributed by atoms with Gasteiger partial charge in [-0.05, 0) is 57.8 Å². The third-order valence-corrected chi connectivity index (χ3v) is 10.8. The van der Waals surface area contributed by atoms with E-state index in [-0.39, 0.29) is 12.8 Å². The summed E-state index contributed by atoms with van der Waals surface area (Å²) in [6.07, 6.45) is 28.8. The van der Waals surface area contributed by atoms with Gasteiger partial charge in [0.15, 0.2) is 6.10 Å². The molecule has 1 rings (SSSR count). The van der Waals surface area contributed by atoms with Crippen LogP contribution in [0.5, 0.6) is 0 Å². The molecule has 6 atom stereocenters. The Hall–Kier alpha value is -2.45. The topological polar surface area (TPSA) is 210 Å². The molecule has 0 aromatic rings. The lowest BCUT2D eigenvalue weighted by atomic mass is 9.85. The molecule has 0 aromatic heterocycles. The number of phosphoric ester groups is 1. The molecule has 0 aromatic carbocycles. The number of ether oxygens (including phenoxy) is 2. The Labute approximate surface area is 353 Å². The molecule has 1 fully saturated rings. The largest absolute Gasteiger partial charge is 0.472 e. The molecule has 0 spiro atoms. The minimum atomic E-state index is -5.14. The van der Waals surface area contributed by atoms with Crippen LogP contribution in [0.4, 0.5) is 0 Å². The Morgan fingerprint density at radius 2 is 0.915 bits per heavy atom. The summed E-state index contributed by atoms with van der Waals surface area (Å²) in [6, 6.07) is 0. The molecule has 59 heavy (non-hydrogen) atoms. The van der Waals surface area contributed by atoms with E-state index in [1.54, 1.807) is 0 Å². The lowest BCUT2D eigenvalue weighted by molar-refractivity contribution is -0.220. The Kier molecular flexibility index (Phi) is 32.5. The van der Waals surface area contributed by atoms with Crippen LogP contribution in [0.1, 0.15) is 155 Å². The van der Waals surface area contributed by atoms with E-state index in [0.29, 0.717) is 19.3 Å². The van der Waals surface area contributed by atoms with Gasteiger partial charge in [-0.25, -0.2) is 4.57 Å². The van der Waals surface area contributed by atoms with E-state index < -0.39 is 75.7 Å². The van der Waals surface area contributed by atoms with E-state index in [9.17, 15) is 44.6 Å². The van der Waals surface area contributed by atoms with Crippen LogP contribution in [0, 0.1) is 0 Å². The van der Waals surface area contributed by atoms with Crippen LogP contribution in [0.25, 0.3) is 0 Å². The van der Waals surface area contributed by atoms with E-state index in [1.807, 2.05) is 30.4 Å². The van der Waals surface area contributed by atoms with Crippen LogP contribution in [-0.4, -0.2) is 98.3 Å². The summed E-state index contributed by atoms with van der Waals surface area (Å²) in [5, 5.41) is 50.0. The number of allylic oxidation sites excluding steroid dienone is 10. The zero-order valence-corrected chi connectivity index (χ0v) is 36.7. The fourth-order valence-electron chi connectivity index (χ4n) is 6.25. The Bertz CT molecular complexity index is 1270. The minimum absolute atomic E-state index is 0.0326. The van der Waals surface area contributed by atoms with Gasteiger partial charge < -0.3 is 39.9 Å². The molecule has 1 saturated carbocycles. The first-order valence-electron chi connectivity index (χ1n) is 22.1. The highest BCUT2D eigenvalue weighted by Gasteiger charge is 2.51. The number of unbranched alkanes of at least 4 members (excludes halogenated alkanes) is 13. The zero-order valence-electron chi connectivity index (χ0n) is 35.8. The summed E-state index contributed by atoms with van der Waals surface area (Å²) in [4.78, 5) is 35.5. The average molecular weight is 857 g/mol. The normalized spacial score (nSPS) is 22.9. The van der Waals surface area contributed by atoms with Crippen LogP contribution in [0.3, 0.4) is 0 Å². The highest BCUT2D eigenvalue weighted by molar-refractivity contribution is 7.47. The summed E-state index contributed by atoms with van der Waals surface area (Å²) in [7, 11) is -5.14. The molecule has 0 saturated heterocycles. The number of aliphatic hydroxyl groups is 5. The van der Waals surface area contributed by atoms with Crippen LogP contribution in [0.2, 0.25) is 0 Å². The second-order valence-electron chi connectivity index (χ2n) is 15.2. The zero-order chi connectivity index (χ0) is 43.6. The number of aliphatic hydroxyl groups excluding tert-OH is 5. The van der Waals surface area contributed by atoms with Crippen molar-refractivity contribution in [1.82, 2.24) is 0 Å².